The predicted octanol–water partition coefficient (Wildman–Crippen LogP) is 3.65. The molecule has 0 bridgehead atoms. The van der Waals surface area contributed by atoms with E-state index in [4.69, 9.17) is 19.3 Å². The summed E-state index contributed by atoms with van der Waals surface area (Å²) < 4.78 is 17.8. The molecule has 1 heterocycles. The van der Waals surface area contributed by atoms with E-state index in [1.54, 1.807) is 0 Å². The van der Waals surface area contributed by atoms with Crippen LogP contribution in [0.2, 0.25) is 0 Å². The van der Waals surface area contributed by atoms with Crippen molar-refractivity contribution in [3.05, 3.63) is 0 Å². The summed E-state index contributed by atoms with van der Waals surface area (Å²) in [6.07, 6.45) is 7.76. The number of aliphatic hydroxyl groups excluding tert-OH is 1. The third kappa shape index (κ3) is 7.59. The van der Waals surface area contributed by atoms with Crippen LogP contribution in [0.15, 0.2) is 0 Å². The predicted molar refractivity (Wildman–Crippen MR) is 84.3 cm³/mol. The minimum Gasteiger partial charge on any atom is -0.396 e. The molecule has 1 aliphatic heterocycles. The zero-order valence-electron chi connectivity index (χ0n) is 14.3. The summed E-state index contributed by atoms with van der Waals surface area (Å²) in [6, 6.07) is 0. The van der Waals surface area contributed by atoms with Crippen LogP contribution in [0.3, 0.4) is 0 Å². The van der Waals surface area contributed by atoms with Crippen molar-refractivity contribution in [3.63, 3.8) is 0 Å². The van der Waals surface area contributed by atoms with Crippen molar-refractivity contribution in [1.29, 1.82) is 0 Å². The Labute approximate surface area is 130 Å². The van der Waals surface area contributed by atoms with Gasteiger partial charge < -0.3 is 19.3 Å². The van der Waals surface area contributed by atoms with Crippen LogP contribution in [0.4, 0.5) is 0 Å². The molecule has 0 saturated carbocycles. The lowest BCUT2D eigenvalue weighted by Gasteiger charge is -2.26. The van der Waals surface area contributed by atoms with E-state index in [1.165, 1.54) is 0 Å². The summed E-state index contributed by atoms with van der Waals surface area (Å²) in [4.78, 5) is 0. The molecule has 1 aliphatic rings. The summed E-state index contributed by atoms with van der Waals surface area (Å²) in [5.74, 6) is -0.451. The molecule has 0 aromatic carbocycles. The summed E-state index contributed by atoms with van der Waals surface area (Å²) in [6.45, 7) is 9.23. The molecule has 126 valence electrons. The van der Waals surface area contributed by atoms with Crippen LogP contribution in [-0.2, 0) is 14.2 Å². The number of hydrogen-bond donors (Lipinski definition) is 1. The molecule has 1 unspecified atom stereocenters. The summed E-state index contributed by atoms with van der Waals surface area (Å²) >= 11 is 0. The zero-order chi connectivity index (χ0) is 15.7. The Balaban J connectivity index is 2.38. The Morgan fingerprint density at radius 2 is 1.95 bits per heavy atom. The van der Waals surface area contributed by atoms with Gasteiger partial charge in [-0.15, -0.1) is 0 Å². The molecular weight excluding hydrogens is 268 g/mol. The van der Waals surface area contributed by atoms with Crippen molar-refractivity contribution in [2.75, 3.05) is 13.2 Å². The molecule has 0 radical (unpaired) electrons. The molecule has 0 aliphatic carbocycles. The SMILES string of the molecule is CCCC(CCCCO)O[C@H](CC)C[C@@H]1COC(C)(C)O1. The van der Waals surface area contributed by atoms with Crippen molar-refractivity contribution in [3.8, 4) is 0 Å². The first-order chi connectivity index (χ1) is 10.0. The molecule has 0 spiro atoms. The van der Waals surface area contributed by atoms with Gasteiger partial charge in [-0.1, -0.05) is 20.3 Å². The lowest BCUT2D eigenvalue weighted by Crippen LogP contribution is -2.28. The van der Waals surface area contributed by atoms with Gasteiger partial charge in [0.25, 0.3) is 0 Å². The van der Waals surface area contributed by atoms with Crippen molar-refractivity contribution in [1.82, 2.24) is 0 Å². The molecule has 1 fully saturated rings. The number of rotatable bonds is 11. The molecule has 1 rings (SSSR count). The maximum absolute atomic E-state index is 8.90. The molecule has 21 heavy (non-hydrogen) atoms. The molecular formula is C17H34O4. The average Bonchev–Trinajstić information content (AvgIpc) is 2.77. The molecule has 0 aromatic heterocycles. The van der Waals surface area contributed by atoms with Gasteiger partial charge in [-0.2, -0.15) is 0 Å². The summed E-state index contributed by atoms with van der Waals surface area (Å²) in [5, 5.41) is 8.90. The highest BCUT2D eigenvalue weighted by Gasteiger charge is 2.34. The van der Waals surface area contributed by atoms with Crippen molar-refractivity contribution in [2.24, 2.45) is 0 Å². The largest absolute Gasteiger partial charge is 0.396 e. The van der Waals surface area contributed by atoms with Crippen LogP contribution < -0.4 is 0 Å². The Morgan fingerprint density at radius 3 is 2.48 bits per heavy atom. The molecule has 3 atom stereocenters. The molecule has 0 aromatic rings. The second kappa shape index (κ2) is 9.78. The van der Waals surface area contributed by atoms with Crippen molar-refractivity contribution in [2.45, 2.75) is 96.7 Å². The Kier molecular flexibility index (Phi) is 8.79. The molecule has 4 heteroatoms. The highest BCUT2D eigenvalue weighted by molar-refractivity contribution is 4.75. The Morgan fingerprint density at radius 1 is 1.19 bits per heavy atom. The highest BCUT2D eigenvalue weighted by Crippen LogP contribution is 2.27. The fourth-order valence-corrected chi connectivity index (χ4v) is 2.85. The van der Waals surface area contributed by atoms with Crippen molar-refractivity contribution >= 4 is 0 Å². The third-order valence-electron chi connectivity index (χ3n) is 3.98. The van der Waals surface area contributed by atoms with E-state index < -0.39 is 5.79 Å². The van der Waals surface area contributed by atoms with Crippen LogP contribution in [0.25, 0.3) is 0 Å². The molecule has 4 nitrogen and oxygen atoms in total. The Bertz CT molecular complexity index is 268. The first kappa shape index (κ1) is 18.9. The van der Waals surface area contributed by atoms with Gasteiger partial charge in [0.2, 0.25) is 0 Å². The van der Waals surface area contributed by atoms with Gasteiger partial charge >= 0.3 is 0 Å². The van der Waals surface area contributed by atoms with Crippen LogP contribution >= 0.6 is 0 Å². The lowest BCUT2D eigenvalue weighted by atomic mass is 10.1. The summed E-state index contributed by atoms with van der Waals surface area (Å²) in [7, 11) is 0. The van der Waals surface area contributed by atoms with E-state index in [2.05, 4.69) is 13.8 Å². The minimum atomic E-state index is -0.451. The molecule has 0 amide bonds. The lowest BCUT2D eigenvalue weighted by molar-refractivity contribution is -0.144. The van der Waals surface area contributed by atoms with E-state index in [-0.39, 0.29) is 18.8 Å². The summed E-state index contributed by atoms with van der Waals surface area (Å²) in [5.41, 5.74) is 0. The smallest absolute Gasteiger partial charge is 0.163 e. The molecule has 1 saturated heterocycles. The maximum Gasteiger partial charge on any atom is 0.163 e. The number of aliphatic hydroxyl groups is 1. The monoisotopic (exact) mass is 302 g/mol. The van der Waals surface area contributed by atoms with E-state index in [0.717, 1.165) is 44.9 Å². The Hall–Kier alpha value is -0.160. The topological polar surface area (TPSA) is 47.9 Å². The number of unbranched alkanes of at least 4 members (excludes halogenated alkanes) is 1. The van der Waals surface area contributed by atoms with Gasteiger partial charge in [0.05, 0.1) is 24.9 Å². The number of ether oxygens (including phenoxy) is 3. The second-order valence-electron chi connectivity index (χ2n) is 6.48. The van der Waals surface area contributed by atoms with E-state index in [9.17, 15) is 0 Å². The van der Waals surface area contributed by atoms with E-state index >= 15 is 0 Å². The first-order valence-corrected chi connectivity index (χ1v) is 8.58. The van der Waals surface area contributed by atoms with Gasteiger partial charge in [-0.05, 0) is 46.0 Å². The third-order valence-corrected chi connectivity index (χ3v) is 3.98. The van der Waals surface area contributed by atoms with Crippen LogP contribution in [0.5, 0.6) is 0 Å². The standard InChI is InChI=1S/C17H34O4/c1-5-9-15(10-7-8-11-18)20-14(6-2)12-16-13-19-17(3,4)21-16/h14-16,18H,5-13H2,1-4H3/t14-,15?,16-/m1/s1. The first-order valence-electron chi connectivity index (χ1n) is 8.58. The number of hydrogen-bond acceptors (Lipinski definition) is 4. The van der Waals surface area contributed by atoms with Crippen LogP contribution in [0, 0.1) is 0 Å². The van der Waals surface area contributed by atoms with Gasteiger partial charge in [-0.25, -0.2) is 0 Å². The second-order valence-corrected chi connectivity index (χ2v) is 6.48. The van der Waals surface area contributed by atoms with Crippen LogP contribution in [0.1, 0.15) is 72.6 Å². The van der Waals surface area contributed by atoms with Gasteiger partial charge in [0, 0.05) is 13.0 Å². The van der Waals surface area contributed by atoms with Crippen LogP contribution in [-0.4, -0.2) is 42.4 Å². The highest BCUT2D eigenvalue weighted by atomic mass is 16.7. The maximum atomic E-state index is 8.90. The van der Waals surface area contributed by atoms with Gasteiger partial charge in [0.1, 0.15) is 0 Å². The quantitative estimate of drug-likeness (QED) is 0.592. The molecule has 1 N–H and O–H groups in total. The fourth-order valence-electron chi connectivity index (χ4n) is 2.85. The zero-order valence-corrected chi connectivity index (χ0v) is 14.3. The van der Waals surface area contributed by atoms with Crippen molar-refractivity contribution < 1.29 is 19.3 Å². The normalized spacial score (nSPS) is 24.1. The average molecular weight is 302 g/mol. The van der Waals surface area contributed by atoms with E-state index in [1.807, 2.05) is 13.8 Å². The van der Waals surface area contributed by atoms with Gasteiger partial charge in [-0.3, -0.25) is 0 Å². The fraction of sp³-hybridized carbons (Fsp3) is 1.00. The van der Waals surface area contributed by atoms with Gasteiger partial charge in [0.15, 0.2) is 5.79 Å². The van der Waals surface area contributed by atoms with E-state index in [0.29, 0.717) is 12.7 Å². The minimum absolute atomic E-state index is 0.143.